The molecule has 2 rings (SSSR count). The molecule has 0 aliphatic carbocycles. The van der Waals surface area contributed by atoms with Crippen molar-refractivity contribution in [2.75, 3.05) is 18.4 Å². The number of pyridine rings is 1. The molecule has 1 heterocycles. The number of aromatic nitrogens is 1. The number of amides is 2. The lowest BCUT2D eigenvalue weighted by Crippen LogP contribution is -2.36. The monoisotopic (exact) mass is 323 g/mol. The SMILES string of the molecule is CCN(CCc1ccncc1)C(=O)Nc1ccc(F)c(F)c1F. The molecule has 0 bridgehead atoms. The summed E-state index contributed by atoms with van der Waals surface area (Å²) in [6.07, 6.45) is 3.91. The maximum Gasteiger partial charge on any atom is 0.321 e. The van der Waals surface area contributed by atoms with Crippen molar-refractivity contribution >= 4 is 11.7 Å². The van der Waals surface area contributed by atoms with Crippen molar-refractivity contribution in [2.45, 2.75) is 13.3 Å². The molecule has 0 radical (unpaired) electrons. The Bertz CT molecular complexity index is 680. The van der Waals surface area contributed by atoms with E-state index in [1.54, 1.807) is 19.3 Å². The van der Waals surface area contributed by atoms with Gasteiger partial charge in [0.15, 0.2) is 17.5 Å². The van der Waals surface area contributed by atoms with Crippen LogP contribution >= 0.6 is 0 Å². The molecule has 2 amide bonds. The number of hydrogen-bond acceptors (Lipinski definition) is 2. The highest BCUT2D eigenvalue weighted by Gasteiger charge is 2.17. The highest BCUT2D eigenvalue weighted by atomic mass is 19.2. The second-order valence-electron chi connectivity index (χ2n) is 4.84. The molecule has 0 saturated heterocycles. The maximum atomic E-state index is 13.6. The third-order valence-corrected chi connectivity index (χ3v) is 3.37. The molecule has 7 heteroatoms. The third kappa shape index (κ3) is 4.21. The van der Waals surface area contributed by atoms with Gasteiger partial charge in [0.25, 0.3) is 0 Å². The molecule has 122 valence electrons. The van der Waals surface area contributed by atoms with E-state index in [-0.39, 0.29) is 0 Å². The number of hydrogen-bond donors (Lipinski definition) is 1. The average Bonchev–Trinajstić information content (AvgIpc) is 2.57. The largest absolute Gasteiger partial charge is 0.324 e. The number of rotatable bonds is 5. The molecule has 4 nitrogen and oxygen atoms in total. The van der Waals surface area contributed by atoms with Gasteiger partial charge in [0.2, 0.25) is 0 Å². The summed E-state index contributed by atoms with van der Waals surface area (Å²) in [5.41, 5.74) is 0.613. The predicted molar refractivity (Wildman–Crippen MR) is 80.5 cm³/mol. The Hall–Kier alpha value is -2.57. The first-order chi connectivity index (χ1) is 11.0. The number of nitrogens with zero attached hydrogens (tertiary/aromatic N) is 2. The highest BCUT2D eigenvalue weighted by molar-refractivity contribution is 5.89. The quantitative estimate of drug-likeness (QED) is 0.855. The van der Waals surface area contributed by atoms with Gasteiger partial charge in [0.05, 0.1) is 5.69 Å². The molecule has 2 aromatic rings. The van der Waals surface area contributed by atoms with E-state index >= 15 is 0 Å². The van der Waals surface area contributed by atoms with Gasteiger partial charge in [-0.2, -0.15) is 0 Å². The fourth-order valence-corrected chi connectivity index (χ4v) is 2.03. The summed E-state index contributed by atoms with van der Waals surface area (Å²) in [6.45, 7) is 2.56. The molecule has 0 saturated carbocycles. The number of likely N-dealkylation sites (N-methyl/N-ethyl adjacent to an activating group) is 1. The van der Waals surface area contributed by atoms with Crippen molar-refractivity contribution in [3.8, 4) is 0 Å². The minimum Gasteiger partial charge on any atom is -0.324 e. The van der Waals surface area contributed by atoms with Gasteiger partial charge in [-0.1, -0.05) is 0 Å². The number of urea groups is 1. The Morgan fingerprint density at radius 2 is 1.83 bits per heavy atom. The maximum absolute atomic E-state index is 13.6. The molecule has 0 atom stereocenters. The molecule has 1 aromatic carbocycles. The number of nitrogens with one attached hydrogen (secondary N) is 1. The zero-order chi connectivity index (χ0) is 16.8. The van der Waals surface area contributed by atoms with Gasteiger partial charge >= 0.3 is 6.03 Å². The molecule has 1 N–H and O–H groups in total. The molecule has 1 aromatic heterocycles. The van der Waals surface area contributed by atoms with Crippen molar-refractivity contribution in [3.05, 3.63) is 59.7 Å². The minimum absolute atomic E-state index is 0.391. The summed E-state index contributed by atoms with van der Waals surface area (Å²) in [4.78, 5) is 17.5. The van der Waals surface area contributed by atoms with Crippen LogP contribution in [0.15, 0.2) is 36.7 Å². The van der Waals surface area contributed by atoms with Crippen LogP contribution in [-0.4, -0.2) is 29.0 Å². The van der Waals surface area contributed by atoms with Crippen LogP contribution in [0.4, 0.5) is 23.7 Å². The molecule has 0 aliphatic rings. The van der Waals surface area contributed by atoms with Gasteiger partial charge in [-0.3, -0.25) is 4.98 Å². The van der Waals surface area contributed by atoms with E-state index in [0.717, 1.165) is 17.7 Å². The van der Waals surface area contributed by atoms with E-state index in [1.165, 1.54) is 4.90 Å². The molecule has 0 unspecified atom stereocenters. The molecule has 23 heavy (non-hydrogen) atoms. The summed E-state index contributed by atoms with van der Waals surface area (Å²) in [5, 5.41) is 2.26. The van der Waals surface area contributed by atoms with Crippen molar-refractivity contribution in [1.29, 1.82) is 0 Å². The number of carbonyl (C=O) groups excluding carboxylic acids is 1. The van der Waals surface area contributed by atoms with Gasteiger partial charge in [-0.25, -0.2) is 18.0 Å². The van der Waals surface area contributed by atoms with Gasteiger partial charge < -0.3 is 10.2 Å². The average molecular weight is 323 g/mol. The summed E-state index contributed by atoms with van der Waals surface area (Å²) in [6, 6.07) is 4.84. The van der Waals surface area contributed by atoms with Crippen molar-refractivity contribution in [3.63, 3.8) is 0 Å². The summed E-state index contributed by atoms with van der Waals surface area (Å²) in [7, 11) is 0. The zero-order valence-electron chi connectivity index (χ0n) is 12.5. The Labute approximate surface area is 132 Å². The Morgan fingerprint density at radius 1 is 1.13 bits per heavy atom. The van der Waals surface area contributed by atoms with Gasteiger partial charge in [-0.15, -0.1) is 0 Å². The highest BCUT2D eigenvalue weighted by Crippen LogP contribution is 2.20. The summed E-state index contributed by atoms with van der Waals surface area (Å²) < 4.78 is 39.6. The standard InChI is InChI=1S/C16H16F3N3O/c1-2-22(10-7-11-5-8-20-9-6-11)16(23)21-13-4-3-12(17)14(18)15(13)19/h3-6,8-9H,2,7,10H2,1H3,(H,21,23). The number of carbonyl (C=O) groups is 1. The van der Waals surface area contributed by atoms with Crippen LogP contribution < -0.4 is 5.32 Å². The second-order valence-corrected chi connectivity index (χ2v) is 4.84. The van der Waals surface area contributed by atoms with Crippen LogP contribution in [0, 0.1) is 17.5 Å². The zero-order valence-corrected chi connectivity index (χ0v) is 12.5. The van der Waals surface area contributed by atoms with Gasteiger partial charge in [0.1, 0.15) is 0 Å². The molecular formula is C16H16F3N3O. The van der Waals surface area contributed by atoms with Crippen molar-refractivity contribution < 1.29 is 18.0 Å². The molecule has 0 spiro atoms. The predicted octanol–water partition coefficient (Wildman–Crippen LogP) is 3.60. The lowest BCUT2D eigenvalue weighted by Gasteiger charge is -2.21. The van der Waals surface area contributed by atoms with Crippen LogP contribution in [0.3, 0.4) is 0 Å². The van der Waals surface area contributed by atoms with Crippen LogP contribution in [0.1, 0.15) is 12.5 Å². The minimum atomic E-state index is -1.61. The lowest BCUT2D eigenvalue weighted by molar-refractivity contribution is 0.215. The lowest BCUT2D eigenvalue weighted by atomic mass is 10.2. The summed E-state index contributed by atoms with van der Waals surface area (Å²) >= 11 is 0. The van der Waals surface area contributed by atoms with Crippen molar-refractivity contribution in [2.24, 2.45) is 0 Å². The Morgan fingerprint density at radius 3 is 2.48 bits per heavy atom. The number of halogens is 3. The smallest absolute Gasteiger partial charge is 0.321 e. The fraction of sp³-hybridized carbons (Fsp3) is 0.250. The Balaban J connectivity index is 2.01. The number of anilines is 1. The molecule has 0 aliphatic heterocycles. The van der Waals surface area contributed by atoms with Crippen LogP contribution in [-0.2, 0) is 6.42 Å². The third-order valence-electron chi connectivity index (χ3n) is 3.37. The van der Waals surface area contributed by atoms with Crippen LogP contribution in [0.2, 0.25) is 0 Å². The molecule has 0 fully saturated rings. The van der Waals surface area contributed by atoms with E-state index < -0.39 is 29.2 Å². The Kier molecular flexibility index (Phi) is 5.56. The van der Waals surface area contributed by atoms with Crippen LogP contribution in [0.25, 0.3) is 0 Å². The van der Waals surface area contributed by atoms with E-state index in [1.807, 2.05) is 12.1 Å². The number of benzene rings is 1. The first-order valence-electron chi connectivity index (χ1n) is 7.11. The first kappa shape index (κ1) is 16.8. The van der Waals surface area contributed by atoms with E-state index in [4.69, 9.17) is 0 Å². The topological polar surface area (TPSA) is 45.2 Å². The normalized spacial score (nSPS) is 10.4. The van der Waals surface area contributed by atoms with E-state index in [9.17, 15) is 18.0 Å². The summed E-state index contributed by atoms with van der Waals surface area (Å²) in [5.74, 6) is -4.32. The van der Waals surface area contributed by atoms with E-state index in [0.29, 0.717) is 19.5 Å². The van der Waals surface area contributed by atoms with Crippen LogP contribution in [0.5, 0.6) is 0 Å². The van der Waals surface area contributed by atoms with Crippen molar-refractivity contribution in [1.82, 2.24) is 9.88 Å². The fourth-order valence-electron chi connectivity index (χ4n) is 2.03. The van der Waals surface area contributed by atoms with E-state index in [2.05, 4.69) is 10.3 Å². The second kappa shape index (κ2) is 7.62. The molecular weight excluding hydrogens is 307 g/mol. The first-order valence-corrected chi connectivity index (χ1v) is 7.11. The van der Waals surface area contributed by atoms with Gasteiger partial charge in [0, 0.05) is 25.5 Å². The van der Waals surface area contributed by atoms with Gasteiger partial charge in [-0.05, 0) is 43.2 Å².